The smallest absolute Gasteiger partial charge is 0.252 e. The highest BCUT2D eigenvalue weighted by molar-refractivity contribution is 5.86. The van der Waals surface area contributed by atoms with Crippen molar-refractivity contribution in [3.8, 4) is 0 Å². The molecule has 6 heteroatoms. The van der Waals surface area contributed by atoms with E-state index in [1.165, 1.54) is 12.3 Å². The van der Waals surface area contributed by atoms with Crippen LogP contribution in [0.1, 0.15) is 44.2 Å². The van der Waals surface area contributed by atoms with Crippen LogP contribution in [0.15, 0.2) is 18.5 Å². The number of halogens is 3. The Morgan fingerprint density at radius 1 is 1.43 bits per heavy atom. The summed E-state index contributed by atoms with van der Waals surface area (Å²) in [6, 6.07) is 0.833. The molecular weight excluding hydrogens is 281 g/mol. The number of hydrogen-bond acceptors (Lipinski definition) is 2. The predicted octanol–water partition coefficient (Wildman–Crippen LogP) is 3.32. The highest BCUT2D eigenvalue weighted by Gasteiger charge is 2.59. The maximum absolute atomic E-state index is 13.4. The van der Waals surface area contributed by atoms with Crippen molar-refractivity contribution in [3.05, 3.63) is 29.8 Å². The van der Waals surface area contributed by atoms with Gasteiger partial charge in [-0.05, 0) is 37.3 Å². The number of aromatic nitrogens is 1. The second kappa shape index (κ2) is 5.00. The van der Waals surface area contributed by atoms with Crippen LogP contribution in [0, 0.1) is 11.2 Å². The third-order valence-electron chi connectivity index (χ3n) is 4.92. The molecule has 0 bridgehead atoms. The molecule has 0 aromatic carbocycles. The van der Waals surface area contributed by atoms with Gasteiger partial charge in [0.1, 0.15) is 11.2 Å². The number of alkyl halides is 2. The van der Waals surface area contributed by atoms with E-state index in [4.69, 9.17) is 0 Å². The van der Waals surface area contributed by atoms with Gasteiger partial charge in [0, 0.05) is 12.2 Å². The maximum atomic E-state index is 13.4. The minimum absolute atomic E-state index is 0.130. The van der Waals surface area contributed by atoms with Crippen LogP contribution in [0.5, 0.6) is 0 Å². The Kier molecular flexibility index (Phi) is 3.42. The van der Waals surface area contributed by atoms with Crippen molar-refractivity contribution >= 4 is 5.91 Å². The molecule has 3 heterocycles. The molecule has 114 valence electrons. The van der Waals surface area contributed by atoms with Crippen LogP contribution in [-0.2, 0) is 4.79 Å². The van der Waals surface area contributed by atoms with Gasteiger partial charge in [-0.2, -0.15) is 0 Å². The van der Waals surface area contributed by atoms with Gasteiger partial charge in [0.25, 0.3) is 6.43 Å². The van der Waals surface area contributed by atoms with E-state index in [0.29, 0.717) is 18.4 Å². The molecule has 1 aromatic heterocycles. The van der Waals surface area contributed by atoms with Gasteiger partial charge in [-0.15, -0.1) is 0 Å². The topological polar surface area (TPSA) is 33.2 Å². The molecule has 3 nitrogen and oxygen atoms in total. The van der Waals surface area contributed by atoms with Crippen molar-refractivity contribution in [1.29, 1.82) is 0 Å². The Morgan fingerprint density at radius 2 is 2.19 bits per heavy atom. The van der Waals surface area contributed by atoms with E-state index in [-0.39, 0.29) is 24.9 Å². The number of carbonyl (C=O) groups excluding carboxylic acids is 1. The zero-order chi connectivity index (χ0) is 15.2. The van der Waals surface area contributed by atoms with Gasteiger partial charge >= 0.3 is 0 Å². The average Bonchev–Trinajstić information content (AvgIpc) is 2.98. The second-order valence-electron chi connectivity index (χ2n) is 5.91. The molecule has 1 amide bonds. The molecule has 2 aliphatic rings. The molecule has 2 saturated heterocycles. The monoisotopic (exact) mass is 298 g/mol. The second-order valence-corrected chi connectivity index (χ2v) is 5.91. The van der Waals surface area contributed by atoms with Crippen LogP contribution in [-0.4, -0.2) is 28.3 Å². The van der Waals surface area contributed by atoms with Gasteiger partial charge in [-0.25, -0.2) is 13.2 Å². The molecule has 2 fully saturated rings. The summed E-state index contributed by atoms with van der Waals surface area (Å²) in [7, 11) is 0. The molecule has 1 unspecified atom stereocenters. The summed E-state index contributed by atoms with van der Waals surface area (Å²) in [5, 5.41) is 0. The molecule has 1 aromatic rings. The molecule has 3 atom stereocenters. The van der Waals surface area contributed by atoms with Crippen LogP contribution in [0.2, 0.25) is 0 Å². The molecule has 0 N–H and O–H groups in total. The van der Waals surface area contributed by atoms with Gasteiger partial charge in [0.05, 0.1) is 12.2 Å². The van der Waals surface area contributed by atoms with Gasteiger partial charge < -0.3 is 4.90 Å². The van der Waals surface area contributed by atoms with Crippen LogP contribution in [0.4, 0.5) is 13.2 Å². The summed E-state index contributed by atoms with van der Waals surface area (Å²) in [6.45, 7) is 1.63. The summed E-state index contributed by atoms with van der Waals surface area (Å²) in [4.78, 5) is 17.9. The quantitative estimate of drug-likeness (QED) is 0.857. The zero-order valence-corrected chi connectivity index (χ0v) is 11.7. The zero-order valence-electron chi connectivity index (χ0n) is 11.7. The molecule has 0 spiro atoms. The molecule has 0 saturated carbocycles. The maximum Gasteiger partial charge on any atom is 0.252 e. The number of fused-ring (bicyclic) bond motifs is 1. The Hall–Kier alpha value is -1.59. The molecule has 3 rings (SSSR count). The number of amides is 1. The van der Waals surface area contributed by atoms with Gasteiger partial charge in [0.15, 0.2) is 0 Å². The Bertz CT molecular complexity index is 566. The van der Waals surface area contributed by atoms with Crippen molar-refractivity contribution in [2.24, 2.45) is 5.41 Å². The largest absolute Gasteiger partial charge is 0.332 e. The average molecular weight is 298 g/mol. The lowest BCUT2D eigenvalue weighted by Gasteiger charge is -2.29. The Balaban J connectivity index is 1.94. The summed E-state index contributed by atoms with van der Waals surface area (Å²) >= 11 is 0. The Labute approximate surface area is 121 Å². The minimum atomic E-state index is -2.66. The number of rotatable bonds is 3. The van der Waals surface area contributed by atoms with E-state index in [0.717, 1.165) is 6.20 Å². The van der Waals surface area contributed by atoms with Crippen LogP contribution < -0.4 is 0 Å². The summed E-state index contributed by atoms with van der Waals surface area (Å²) in [5.41, 5.74) is -0.976. The van der Waals surface area contributed by atoms with Crippen molar-refractivity contribution in [3.63, 3.8) is 0 Å². The molecule has 0 radical (unpaired) electrons. The third-order valence-corrected chi connectivity index (χ3v) is 4.92. The summed E-state index contributed by atoms with van der Waals surface area (Å²) in [5.74, 6) is -0.963. The number of pyridine rings is 1. The van der Waals surface area contributed by atoms with Crippen molar-refractivity contribution in [1.82, 2.24) is 9.88 Å². The van der Waals surface area contributed by atoms with Gasteiger partial charge in [-0.3, -0.25) is 9.78 Å². The van der Waals surface area contributed by atoms with Crippen LogP contribution >= 0.6 is 0 Å². The summed E-state index contributed by atoms with van der Waals surface area (Å²) in [6.07, 6.45) is 1.62. The highest BCUT2D eigenvalue weighted by atomic mass is 19.3. The first-order valence-electron chi connectivity index (χ1n) is 7.21. The van der Waals surface area contributed by atoms with Gasteiger partial charge in [-0.1, -0.05) is 6.92 Å². The number of nitrogens with zero attached hydrogens (tertiary/aromatic N) is 2. The van der Waals surface area contributed by atoms with E-state index < -0.39 is 23.6 Å². The van der Waals surface area contributed by atoms with E-state index >= 15 is 0 Å². The lowest BCUT2D eigenvalue weighted by molar-refractivity contribution is -0.146. The number of carbonyl (C=O) groups is 1. The van der Waals surface area contributed by atoms with Crippen LogP contribution in [0.25, 0.3) is 0 Å². The van der Waals surface area contributed by atoms with Gasteiger partial charge in [0.2, 0.25) is 5.91 Å². The fourth-order valence-corrected chi connectivity index (χ4v) is 3.73. The first-order chi connectivity index (χ1) is 9.99. The molecule has 0 aliphatic carbocycles. The first-order valence-corrected chi connectivity index (χ1v) is 7.21. The van der Waals surface area contributed by atoms with E-state index in [9.17, 15) is 18.0 Å². The minimum Gasteiger partial charge on any atom is -0.332 e. The SMILES string of the molecule is CCC1(C(F)F)C[C@H]2CC[C@@H](c3cncc(F)c3)N2C1=O. The Morgan fingerprint density at radius 3 is 2.81 bits per heavy atom. The van der Waals surface area contributed by atoms with Crippen molar-refractivity contribution < 1.29 is 18.0 Å². The predicted molar refractivity (Wildman–Crippen MR) is 70.1 cm³/mol. The third kappa shape index (κ3) is 2.03. The van der Waals surface area contributed by atoms with Crippen molar-refractivity contribution in [2.75, 3.05) is 0 Å². The lowest BCUT2D eigenvalue weighted by Crippen LogP contribution is -2.40. The summed E-state index contributed by atoms with van der Waals surface area (Å²) < 4.78 is 40.2. The lowest BCUT2D eigenvalue weighted by atomic mass is 9.81. The standard InChI is InChI=1S/C15H17F3N2O/c1-2-15(13(17)18)6-11-3-4-12(20(11)14(15)21)9-5-10(16)8-19-7-9/h5,7-8,11-13H,2-4,6H2,1H3/t11-,12+,15?/m1/s1. The van der Waals surface area contributed by atoms with E-state index in [1.54, 1.807) is 11.8 Å². The number of hydrogen-bond donors (Lipinski definition) is 0. The van der Waals surface area contributed by atoms with Crippen molar-refractivity contribution in [2.45, 2.75) is 51.1 Å². The molecule has 2 aliphatic heterocycles. The normalized spacial score (nSPS) is 32.0. The fraction of sp³-hybridized carbons (Fsp3) is 0.600. The van der Waals surface area contributed by atoms with Crippen LogP contribution in [0.3, 0.4) is 0 Å². The van der Waals surface area contributed by atoms with E-state index in [2.05, 4.69) is 4.98 Å². The highest BCUT2D eigenvalue weighted by Crippen LogP contribution is 2.52. The first kappa shape index (κ1) is 14.4. The van der Waals surface area contributed by atoms with E-state index in [1.807, 2.05) is 0 Å². The molecule has 21 heavy (non-hydrogen) atoms. The fourth-order valence-electron chi connectivity index (χ4n) is 3.73. The molecular formula is C15H17F3N2O.